The number of rotatable bonds is 52. The van der Waals surface area contributed by atoms with E-state index in [9.17, 15) is 107 Å². The van der Waals surface area contributed by atoms with E-state index in [1.165, 1.54) is 122 Å². The fourth-order valence-electron chi connectivity index (χ4n) is 14.6. The number of carbonyl (C=O) groups is 1. The number of ether oxygens (including phenoxy) is 12. The highest BCUT2D eigenvalue weighted by molar-refractivity contribution is 5.76. The average Bonchev–Trinajstić information content (AvgIpc) is 0.771. The van der Waals surface area contributed by atoms with Crippen LogP contribution in [0.1, 0.15) is 206 Å². The number of aliphatic hydroxyl groups excluding tert-OH is 20. The molecular weight excluding hydrogens is 1430 g/mol. The van der Waals surface area contributed by atoms with Crippen molar-refractivity contribution in [3.8, 4) is 0 Å². The van der Waals surface area contributed by atoms with E-state index in [0.717, 1.165) is 51.4 Å². The number of aliphatic hydroxyl groups is 20. The number of unbranched alkanes of at least 4 members (excludes halogenated alkanes) is 27. The van der Waals surface area contributed by atoms with Crippen LogP contribution in [0.15, 0.2) is 12.2 Å². The van der Waals surface area contributed by atoms with Crippen LogP contribution in [0.2, 0.25) is 0 Å². The zero-order valence-corrected chi connectivity index (χ0v) is 63.0. The molecule has 0 aliphatic carbocycles. The molecule has 0 spiro atoms. The van der Waals surface area contributed by atoms with Crippen LogP contribution in [0.3, 0.4) is 0 Å². The normalized spacial score (nSPS) is 38.3. The van der Waals surface area contributed by atoms with Gasteiger partial charge < -0.3 is 164 Å². The molecule has 1 amide bonds. The Morgan fingerprint density at radius 3 is 0.954 bits per heavy atom. The largest absolute Gasteiger partial charge is 0.394 e. The van der Waals surface area contributed by atoms with Crippen molar-refractivity contribution >= 4 is 5.91 Å². The zero-order chi connectivity index (χ0) is 78.8. The smallest absolute Gasteiger partial charge is 0.220 e. The summed E-state index contributed by atoms with van der Waals surface area (Å²) in [6, 6.07) is -1.05. The van der Waals surface area contributed by atoms with E-state index in [4.69, 9.17) is 56.8 Å². The highest BCUT2D eigenvalue weighted by Gasteiger charge is 2.58. The highest BCUT2D eigenvalue weighted by Crippen LogP contribution is 2.38. The van der Waals surface area contributed by atoms with Crippen LogP contribution in [0.5, 0.6) is 0 Å². The molecule has 634 valence electrons. The molecule has 6 rings (SSSR count). The quantitative estimate of drug-likeness (QED) is 0.0233. The molecule has 6 aliphatic rings. The van der Waals surface area contributed by atoms with Gasteiger partial charge in [0.2, 0.25) is 5.91 Å². The summed E-state index contributed by atoms with van der Waals surface area (Å²) in [4.78, 5) is 13.5. The lowest BCUT2D eigenvalue weighted by Gasteiger charge is -2.50. The van der Waals surface area contributed by atoms with Gasteiger partial charge in [0.25, 0.3) is 0 Å². The average molecular weight is 1570 g/mol. The minimum absolute atomic E-state index is 0.186. The molecule has 0 saturated carbocycles. The molecule has 0 aromatic heterocycles. The maximum atomic E-state index is 13.5. The number of hydrogen-bond acceptors (Lipinski definition) is 33. The summed E-state index contributed by atoms with van der Waals surface area (Å²) in [5, 5.41) is 223. The molecule has 0 radical (unpaired) electrons. The predicted octanol–water partition coefficient (Wildman–Crippen LogP) is -1.93. The lowest BCUT2D eigenvalue weighted by atomic mass is 9.95. The number of nitrogens with one attached hydrogen (secondary N) is 1. The number of carbonyl (C=O) groups excluding carboxylic acids is 1. The minimum Gasteiger partial charge on any atom is -0.394 e. The molecule has 0 aromatic rings. The summed E-state index contributed by atoms with van der Waals surface area (Å²) in [6.45, 7) is -1.90. The Kier molecular flexibility index (Phi) is 44.8. The van der Waals surface area contributed by atoms with Crippen LogP contribution in [0.4, 0.5) is 0 Å². The SMILES string of the molecule is CCCCCCCCCCCCC/C=C/[C@@H](O)[C@H](CO[C@@H]1OC(CO)[C@@H](O[C@@H]2OC(CO)[C@H](O[C@@H]3OC(CO)[C@H](O)[C@H](O[C@H]4OC(CO)[C@H](O)[C@H](O[C@H]5OC(CO)[C@H](O)[C@H](O[C@H]6OC(CO)[C@H](O)[C@H](O)C6O)C5O)C4O)C3O)[C@H](O)C2O)[C@H](O)C1O)NC(=O)CCCCCCCCCCCCCCCCCCC. The van der Waals surface area contributed by atoms with E-state index in [0.29, 0.717) is 12.8 Å². The van der Waals surface area contributed by atoms with E-state index < -0.39 is 243 Å². The topological polar surface area (TPSA) is 544 Å². The number of amides is 1. The van der Waals surface area contributed by atoms with Gasteiger partial charge in [-0.05, 0) is 19.3 Å². The lowest BCUT2D eigenvalue weighted by Crippen LogP contribution is -2.68. The second-order valence-corrected chi connectivity index (χ2v) is 29.9. The predicted molar refractivity (Wildman–Crippen MR) is 380 cm³/mol. The molecule has 6 aliphatic heterocycles. The summed E-state index contributed by atoms with van der Waals surface area (Å²) >= 11 is 0. The molecule has 34 nitrogen and oxygen atoms in total. The van der Waals surface area contributed by atoms with Gasteiger partial charge in [-0.15, -0.1) is 0 Å². The summed E-state index contributed by atoms with van der Waals surface area (Å²) in [7, 11) is 0. The van der Waals surface area contributed by atoms with Gasteiger partial charge in [0.1, 0.15) is 146 Å². The minimum atomic E-state index is -2.27. The molecule has 0 bridgehead atoms. The molecule has 32 atom stereocenters. The first-order valence-corrected chi connectivity index (χ1v) is 40.0. The second-order valence-electron chi connectivity index (χ2n) is 29.9. The van der Waals surface area contributed by atoms with E-state index in [1.54, 1.807) is 6.08 Å². The Labute approximate surface area is 634 Å². The molecule has 0 aromatic carbocycles. The van der Waals surface area contributed by atoms with Crippen LogP contribution in [0.25, 0.3) is 0 Å². The molecule has 21 N–H and O–H groups in total. The van der Waals surface area contributed by atoms with Crippen LogP contribution in [-0.2, 0) is 61.6 Å². The molecule has 34 heteroatoms. The Balaban J connectivity index is 1.03. The van der Waals surface area contributed by atoms with E-state index in [1.807, 2.05) is 6.08 Å². The number of allylic oxidation sites excluding steroid dienone is 1. The molecule has 6 heterocycles. The zero-order valence-electron chi connectivity index (χ0n) is 63.0. The van der Waals surface area contributed by atoms with Crippen molar-refractivity contribution < 1.29 is 164 Å². The molecular formula is C74H135NO33. The summed E-state index contributed by atoms with van der Waals surface area (Å²) < 4.78 is 69.0. The summed E-state index contributed by atoms with van der Waals surface area (Å²) in [5.74, 6) is -0.332. The summed E-state index contributed by atoms with van der Waals surface area (Å²) in [6.07, 6.45) is -22.5. The van der Waals surface area contributed by atoms with Crippen molar-refractivity contribution in [2.75, 3.05) is 46.2 Å². The Morgan fingerprint density at radius 2 is 0.602 bits per heavy atom. The molecule has 12 unspecified atom stereocenters. The maximum Gasteiger partial charge on any atom is 0.220 e. The van der Waals surface area contributed by atoms with Crippen molar-refractivity contribution in [2.45, 2.75) is 403 Å². The third-order valence-corrected chi connectivity index (χ3v) is 21.4. The number of hydrogen-bond donors (Lipinski definition) is 21. The van der Waals surface area contributed by atoms with Gasteiger partial charge in [-0.3, -0.25) is 4.79 Å². The Hall–Kier alpha value is -2.07. The van der Waals surface area contributed by atoms with Crippen molar-refractivity contribution in [2.24, 2.45) is 0 Å². The first-order valence-electron chi connectivity index (χ1n) is 40.0. The molecule has 6 fully saturated rings. The van der Waals surface area contributed by atoms with Gasteiger partial charge in [-0.25, -0.2) is 0 Å². The molecule has 108 heavy (non-hydrogen) atoms. The molecule has 6 saturated heterocycles. The van der Waals surface area contributed by atoms with Gasteiger partial charge in [0.05, 0.1) is 58.4 Å². The van der Waals surface area contributed by atoms with Crippen molar-refractivity contribution in [3.05, 3.63) is 12.2 Å². The first-order chi connectivity index (χ1) is 52.0. The highest BCUT2D eigenvalue weighted by atomic mass is 16.8. The van der Waals surface area contributed by atoms with Gasteiger partial charge >= 0.3 is 0 Å². The van der Waals surface area contributed by atoms with Crippen LogP contribution in [0, 0.1) is 0 Å². The van der Waals surface area contributed by atoms with Gasteiger partial charge in [0.15, 0.2) is 37.7 Å². The standard InChI is InChI=1S/C74H135NO33/c1-3-5-7-9-11-13-15-17-18-19-20-22-24-26-28-30-32-34-50(83)75-42(43(82)33-31-29-27-25-23-21-16-14-12-10-8-6-4-2)41-97-69-59(92)56(89)64(48(39-80)102-69)104-71-60(93)57(90)65(49(40-81)103-71)105-72-61(94)67(53(86)45(36-77)99-72)107-74-63(96)68(54(87)47(38-79)101-74)108-73-62(95)66(52(85)46(37-78)100-73)106-70-58(91)55(88)51(84)44(35-76)98-70/h31,33,42-49,51-74,76-82,84-96H,3-30,32,34-41H2,1-2H3,(H,75,83)/b33-31+/t42-,43+,44?,45?,46?,47?,48?,49?,51-,52-,53-,54-,55-,56+,57+,58?,59?,60?,61?,62?,63?,64+,65-,66-,67-,68-,69+,70+,71-,72-,73+,74+/m0/s1. The lowest BCUT2D eigenvalue weighted by molar-refractivity contribution is -0.398. The van der Waals surface area contributed by atoms with Gasteiger partial charge in [0, 0.05) is 6.42 Å². The Morgan fingerprint density at radius 1 is 0.324 bits per heavy atom. The van der Waals surface area contributed by atoms with Crippen LogP contribution >= 0.6 is 0 Å². The Bertz CT molecular complexity index is 2380. The van der Waals surface area contributed by atoms with Crippen molar-refractivity contribution in [1.82, 2.24) is 5.32 Å². The van der Waals surface area contributed by atoms with E-state index in [-0.39, 0.29) is 12.3 Å². The fraction of sp³-hybridized carbons (Fsp3) is 0.959. The summed E-state index contributed by atoms with van der Waals surface area (Å²) in [5.41, 5.74) is 0. The third-order valence-electron chi connectivity index (χ3n) is 21.4. The van der Waals surface area contributed by atoms with Crippen LogP contribution < -0.4 is 5.32 Å². The monoisotopic (exact) mass is 1570 g/mol. The van der Waals surface area contributed by atoms with E-state index in [2.05, 4.69) is 19.2 Å². The van der Waals surface area contributed by atoms with Crippen molar-refractivity contribution in [1.29, 1.82) is 0 Å². The third kappa shape index (κ3) is 28.4. The van der Waals surface area contributed by atoms with Crippen LogP contribution in [-0.4, -0.2) is 351 Å². The van der Waals surface area contributed by atoms with Gasteiger partial charge in [-0.2, -0.15) is 0 Å². The fourth-order valence-corrected chi connectivity index (χ4v) is 14.6. The second kappa shape index (κ2) is 51.1. The maximum absolute atomic E-state index is 13.5. The van der Waals surface area contributed by atoms with E-state index >= 15 is 0 Å². The van der Waals surface area contributed by atoms with Gasteiger partial charge in [-0.1, -0.05) is 193 Å². The first kappa shape index (κ1) is 94.8. The van der Waals surface area contributed by atoms with Crippen molar-refractivity contribution in [3.63, 3.8) is 0 Å².